The lowest BCUT2D eigenvalue weighted by Gasteiger charge is -2.13. The maximum Gasteiger partial charge on any atom is 0.267 e. The summed E-state index contributed by atoms with van der Waals surface area (Å²) >= 11 is 0. The van der Waals surface area contributed by atoms with Crippen molar-refractivity contribution < 1.29 is 17.6 Å². The van der Waals surface area contributed by atoms with Crippen LogP contribution < -0.4 is 5.32 Å². The topological polar surface area (TPSA) is 97.4 Å². The van der Waals surface area contributed by atoms with Crippen LogP contribution in [0.1, 0.15) is 21.8 Å². The van der Waals surface area contributed by atoms with Crippen molar-refractivity contribution in [1.29, 1.82) is 0 Å². The molecule has 1 amide bonds. The van der Waals surface area contributed by atoms with E-state index in [-0.39, 0.29) is 10.8 Å². The van der Waals surface area contributed by atoms with E-state index in [9.17, 15) is 13.2 Å². The first-order valence-electron chi connectivity index (χ1n) is 10.1. The molecule has 3 aromatic heterocycles. The van der Waals surface area contributed by atoms with Crippen molar-refractivity contribution in [2.24, 2.45) is 0 Å². The summed E-state index contributed by atoms with van der Waals surface area (Å²) in [6.45, 7) is 0.871. The first-order valence-corrected chi connectivity index (χ1v) is 11.6. The largest absolute Gasteiger partial charge is 0.469 e. The van der Waals surface area contributed by atoms with E-state index >= 15 is 0 Å². The number of hydrogen-bond donors (Lipinski definition) is 1. The van der Waals surface area contributed by atoms with Crippen LogP contribution in [0.25, 0.3) is 10.9 Å². The molecule has 4 rings (SSSR count). The van der Waals surface area contributed by atoms with Crippen molar-refractivity contribution in [1.82, 2.24) is 19.2 Å². The number of sulfonamides is 1. The van der Waals surface area contributed by atoms with Gasteiger partial charge in [0.2, 0.25) is 10.0 Å². The summed E-state index contributed by atoms with van der Waals surface area (Å²) in [5, 5.41) is 3.61. The van der Waals surface area contributed by atoms with Crippen LogP contribution in [0.3, 0.4) is 0 Å². The zero-order chi connectivity index (χ0) is 22.7. The van der Waals surface area contributed by atoms with E-state index in [4.69, 9.17) is 4.42 Å². The molecule has 0 bridgehead atoms. The molecule has 0 radical (unpaired) electrons. The molecule has 0 aliphatic heterocycles. The summed E-state index contributed by atoms with van der Waals surface area (Å²) in [7, 11) is -0.601. The van der Waals surface area contributed by atoms with E-state index in [1.54, 1.807) is 42.9 Å². The van der Waals surface area contributed by atoms with Gasteiger partial charge in [-0.2, -0.15) is 0 Å². The average molecular weight is 453 g/mol. The van der Waals surface area contributed by atoms with Gasteiger partial charge in [0.05, 0.1) is 11.2 Å². The monoisotopic (exact) mass is 452 g/mol. The number of nitrogens with zero attached hydrogens (tertiary/aromatic N) is 3. The maximum atomic E-state index is 13.0. The molecule has 8 nitrogen and oxygen atoms in total. The van der Waals surface area contributed by atoms with Gasteiger partial charge in [0.1, 0.15) is 11.5 Å². The lowest BCUT2D eigenvalue weighted by atomic mass is 10.2. The highest BCUT2D eigenvalue weighted by molar-refractivity contribution is 7.89. The SMILES string of the molecule is CN(C)S(=O)(=O)c1ccc2c(c1)cc(C(=O)NCCc1ccco1)n2Cc1ccncc1. The summed E-state index contributed by atoms with van der Waals surface area (Å²) in [5.74, 6) is 0.556. The molecule has 0 atom stereocenters. The molecule has 9 heteroatoms. The second kappa shape index (κ2) is 8.97. The van der Waals surface area contributed by atoms with E-state index < -0.39 is 10.0 Å². The predicted molar refractivity (Wildman–Crippen MR) is 121 cm³/mol. The van der Waals surface area contributed by atoms with Crippen LogP contribution >= 0.6 is 0 Å². The van der Waals surface area contributed by atoms with Crippen LogP contribution in [0.5, 0.6) is 0 Å². The molecular formula is C23H24N4O4S. The first-order chi connectivity index (χ1) is 15.4. The Balaban J connectivity index is 1.69. The van der Waals surface area contributed by atoms with Crippen molar-refractivity contribution in [3.8, 4) is 0 Å². The Morgan fingerprint density at radius 3 is 2.59 bits per heavy atom. The van der Waals surface area contributed by atoms with E-state index in [1.165, 1.54) is 18.4 Å². The maximum absolute atomic E-state index is 13.0. The van der Waals surface area contributed by atoms with Crippen molar-refractivity contribution >= 4 is 26.8 Å². The number of fused-ring (bicyclic) bond motifs is 1. The number of benzene rings is 1. The molecule has 0 saturated carbocycles. The Kier molecular flexibility index (Phi) is 6.11. The van der Waals surface area contributed by atoms with Gasteiger partial charge in [-0.1, -0.05) is 0 Å². The third kappa shape index (κ3) is 4.44. The predicted octanol–water partition coefficient (Wildman–Crippen LogP) is 2.90. The van der Waals surface area contributed by atoms with Crippen LogP contribution in [0, 0.1) is 0 Å². The van der Waals surface area contributed by atoms with Crippen LogP contribution in [0.4, 0.5) is 0 Å². The standard InChI is InChI=1S/C23H24N4O4S/c1-26(2)32(29,30)20-5-6-21-18(14-20)15-22(27(21)16-17-7-10-24-11-8-17)23(28)25-12-9-19-4-3-13-31-19/h3-8,10-11,13-15H,9,12,16H2,1-2H3,(H,25,28). The number of carbonyl (C=O) groups excluding carboxylic acids is 1. The molecule has 1 aromatic carbocycles. The minimum Gasteiger partial charge on any atom is -0.469 e. The fourth-order valence-electron chi connectivity index (χ4n) is 3.49. The number of hydrogen-bond acceptors (Lipinski definition) is 5. The minimum atomic E-state index is -3.59. The Bertz CT molecular complexity index is 1330. The van der Waals surface area contributed by atoms with Crippen molar-refractivity contribution in [2.45, 2.75) is 17.9 Å². The Morgan fingerprint density at radius 1 is 1.12 bits per heavy atom. The molecule has 3 heterocycles. The number of amides is 1. The third-order valence-electron chi connectivity index (χ3n) is 5.21. The number of pyridine rings is 1. The Morgan fingerprint density at radius 2 is 1.91 bits per heavy atom. The van der Waals surface area contributed by atoms with Gasteiger partial charge in [0, 0.05) is 56.9 Å². The van der Waals surface area contributed by atoms with E-state index in [0.717, 1.165) is 16.8 Å². The van der Waals surface area contributed by atoms with Gasteiger partial charge in [-0.05, 0) is 54.1 Å². The summed E-state index contributed by atoms with van der Waals surface area (Å²) in [6, 6.07) is 14.1. The van der Waals surface area contributed by atoms with Gasteiger partial charge < -0.3 is 14.3 Å². The van der Waals surface area contributed by atoms with Gasteiger partial charge in [0.15, 0.2) is 0 Å². The third-order valence-corrected chi connectivity index (χ3v) is 7.02. The number of nitrogens with one attached hydrogen (secondary N) is 1. The number of carbonyl (C=O) groups is 1. The highest BCUT2D eigenvalue weighted by atomic mass is 32.2. The van der Waals surface area contributed by atoms with Gasteiger partial charge in [-0.25, -0.2) is 12.7 Å². The van der Waals surface area contributed by atoms with Gasteiger partial charge in [0.25, 0.3) is 5.91 Å². The average Bonchev–Trinajstić information content (AvgIpc) is 3.42. The lowest BCUT2D eigenvalue weighted by Crippen LogP contribution is -2.28. The Labute approximate surface area is 186 Å². The normalized spacial score (nSPS) is 11.8. The molecule has 0 aliphatic carbocycles. The molecule has 32 heavy (non-hydrogen) atoms. The highest BCUT2D eigenvalue weighted by Gasteiger charge is 2.21. The fraction of sp³-hybridized carbons (Fsp3) is 0.217. The van der Waals surface area contributed by atoms with Crippen molar-refractivity contribution in [3.05, 3.63) is 84.2 Å². The van der Waals surface area contributed by atoms with E-state index in [0.29, 0.717) is 30.6 Å². The number of rotatable bonds is 8. The van der Waals surface area contributed by atoms with Crippen molar-refractivity contribution in [3.63, 3.8) is 0 Å². The molecule has 0 spiro atoms. The minimum absolute atomic E-state index is 0.181. The molecular weight excluding hydrogens is 428 g/mol. The molecule has 1 N–H and O–H groups in total. The zero-order valence-electron chi connectivity index (χ0n) is 17.9. The lowest BCUT2D eigenvalue weighted by molar-refractivity contribution is 0.0945. The summed E-state index contributed by atoms with van der Waals surface area (Å²) in [5.41, 5.74) is 2.21. The van der Waals surface area contributed by atoms with Crippen LogP contribution in [-0.4, -0.2) is 48.8 Å². The zero-order valence-corrected chi connectivity index (χ0v) is 18.7. The molecule has 0 aliphatic rings. The quantitative estimate of drug-likeness (QED) is 0.443. The van der Waals surface area contributed by atoms with Crippen LogP contribution in [0.15, 0.2) is 76.5 Å². The van der Waals surface area contributed by atoms with Crippen molar-refractivity contribution in [2.75, 3.05) is 20.6 Å². The fourth-order valence-corrected chi connectivity index (χ4v) is 4.43. The molecule has 4 aromatic rings. The second-order valence-electron chi connectivity index (χ2n) is 7.56. The molecule has 166 valence electrons. The van der Waals surface area contributed by atoms with Gasteiger partial charge >= 0.3 is 0 Å². The molecule has 0 unspecified atom stereocenters. The van der Waals surface area contributed by atoms with Crippen LogP contribution in [-0.2, 0) is 23.0 Å². The molecule has 0 fully saturated rings. The van der Waals surface area contributed by atoms with Gasteiger partial charge in [-0.3, -0.25) is 9.78 Å². The summed E-state index contributed by atoms with van der Waals surface area (Å²) in [4.78, 5) is 17.3. The van der Waals surface area contributed by atoms with E-state index in [1.807, 2.05) is 28.8 Å². The summed E-state index contributed by atoms with van der Waals surface area (Å²) < 4.78 is 33.5. The van der Waals surface area contributed by atoms with E-state index in [2.05, 4.69) is 10.3 Å². The number of aromatic nitrogens is 2. The second-order valence-corrected chi connectivity index (χ2v) is 9.72. The highest BCUT2D eigenvalue weighted by Crippen LogP contribution is 2.25. The molecule has 0 saturated heterocycles. The van der Waals surface area contributed by atoms with Crippen LogP contribution in [0.2, 0.25) is 0 Å². The number of furan rings is 1. The first kappa shape index (κ1) is 21.8. The summed E-state index contributed by atoms with van der Waals surface area (Å²) in [6.07, 6.45) is 5.58. The van der Waals surface area contributed by atoms with Gasteiger partial charge in [-0.15, -0.1) is 0 Å². The smallest absolute Gasteiger partial charge is 0.267 e. The Hall–Kier alpha value is -3.43.